The van der Waals surface area contributed by atoms with Crippen LogP contribution in [0, 0.1) is 0 Å². The second-order valence-corrected chi connectivity index (χ2v) is 13.7. The average molecular weight is 677 g/mol. The SMILES string of the molecule is CCC(C)c1ccc2cc(OC(=O)CCCC(=O)N3CCN(S(=O)(=O)C(F)(F)C(F)(F)C(F)(F)S(=O)(=O)O)CC3)ccc2c1. The molecule has 1 fully saturated rings. The van der Waals surface area contributed by atoms with E-state index in [1.807, 2.05) is 18.2 Å². The summed E-state index contributed by atoms with van der Waals surface area (Å²) in [6.45, 7) is 1.02. The first-order chi connectivity index (χ1) is 20.2. The van der Waals surface area contributed by atoms with E-state index < -0.39 is 74.6 Å². The Labute approximate surface area is 249 Å². The van der Waals surface area contributed by atoms with Crippen molar-refractivity contribution in [3.63, 3.8) is 0 Å². The van der Waals surface area contributed by atoms with E-state index in [2.05, 4.69) is 19.9 Å². The quantitative estimate of drug-likeness (QED) is 0.149. The van der Waals surface area contributed by atoms with Crippen LogP contribution in [-0.2, 0) is 29.7 Å². The number of sulfonamides is 1. The Morgan fingerprint density at radius 3 is 2.02 bits per heavy atom. The molecule has 0 aliphatic carbocycles. The van der Waals surface area contributed by atoms with Gasteiger partial charge in [-0.1, -0.05) is 38.1 Å². The van der Waals surface area contributed by atoms with Crippen LogP contribution >= 0.6 is 0 Å². The summed E-state index contributed by atoms with van der Waals surface area (Å²) in [5.74, 6) is -7.64. The molecule has 1 atom stereocenters. The van der Waals surface area contributed by atoms with Crippen molar-refractivity contribution in [1.29, 1.82) is 0 Å². The molecule has 1 N–H and O–H groups in total. The second kappa shape index (κ2) is 12.8. The van der Waals surface area contributed by atoms with Gasteiger partial charge in [0, 0.05) is 39.0 Å². The Morgan fingerprint density at radius 2 is 1.45 bits per heavy atom. The molecule has 246 valence electrons. The van der Waals surface area contributed by atoms with Crippen LogP contribution in [0.3, 0.4) is 0 Å². The lowest BCUT2D eigenvalue weighted by Crippen LogP contribution is -2.64. The summed E-state index contributed by atoms with van der Waals surface area (Å²) in [4.78, 5) is 25.8. The number of alkyl halides is 6. The average Bonchev–Trinajstić information content (AvgIpc) is 2.95. The summed E-state index contributed by atoms with van der Waals surface area (Å²) < 4.78 is 142. The fraction of sp³-hybridized carbons (Fsp3) is 0.538. The Balaban J connectivity index is 1.52. The van der Waals surface area contributed by atoms with Gasteiger partial charge in [0.2, 0.25) is 5.91 Å². The minimum Gasteiger partial charge on any atom is -0.427 e. The first-order valence-electron chi connectivity index (χ1n) is 13.3. The number of esters is 1. The number of hydrogen-bond acceptors (Lipinski definition) is 7. The molecule has 0 spiro atoms. The van der Waals surface area contributed by atoms with Crippen molar-refractivity contribution in [3.05, 3.63) is 42.0 Å². The van der Waals surface area contributed by atoms with Gasteiger partial charge in [-0.25, -0.2) is 8.42 Å². The standard InChI is InChI=1S/C26H30F6N2O8S2/c1-3-17(2)18-7-8-20-16-21(10-9-19(20)15-18)42-23(36)6-4-5-22(35)33-11-13-34(14-12-33)43(37,38)25(29,30)24(27,28)26(31,32)44(39,40)41/h7-10,15-17H,3-6,11-14H2,1-2H3,(H,39,40,41). The topological polar surface area (TPSA) is 138 Å². The van der Waals surface area contributed by atoms with Crippen molar-refractivity contribution in [2.75, 3.05) is 26.2 Å². The van der Waals surface area contributed by atoms with Crippen LogP contribution in [0.2, 0.25) is 0 Å². The van der Waals surface area contributed by atoms with E-state index in [-0.39, 0.29) is 23.6 Å². The van der Waals surface area contributed by atoms with E-state index in [1.54, 1.807) is 12.1 Å². The monoisotopic (exact) mass is 676 g/mol. The maximum absolute atomic E-state index is 14.2. The van der Waals surface area contributed by atoms with E-state index >= 15 is 0 Å². The number of rotatable bonds is 12. The number of piperazine rings is 1. The van der Waals surface area contributed by atoms with Crippen LogP contribution in [0.4, 0.5) is 26.3 Å². The fourth-order valence-corrected chi connectivity index (χ4v) is 6.34. The van der Waals surface area contributed by atoms with Crippen molar-refractivity contribution < 1.29 is 62.1 Å². The highest BCUT2D eigenvalue weighted by Crippen LogP contribution is 2.51. The molecule has 1 unspecified atom stereocenters. The molecule has 1 aliphatic heterocycles. The zero-order chi connectivity index (χ0) is 33.3. The molecule has 44 heavy (non-hydrogen) atoms. The lowest BCUT2D eigenvalue weighted by atomic mass is 9.96. The third-order valence-corrected chi connectivity index (χ3v) is 10.2. The molecular formula is C26H30F6N2O8S2. The molecule has 2 aromatic carbocycles. The molecule has 1 aliphatic rings. The third-order valence-electron chi connectivity index (χ3n) is 7.33. The molecule has 0 bridgehead atoms. The lowest BCUT2D eigenvalue weighted by Gasteiger charge is -2.38. The zero-order valence-corrected chi connectivity index (χ0v) is 25.1. The maximum atomic E-state index is 14.2. The molecule has 10 nitrogen and oxygen atoms in total. The highest BCUT2D eigenvalue weighted by molar-refractivity contribution is 7.90. The van der Waals surface area contributed by atoms with E-state index in [9.17, 15) is 52.8 Å². The Hall–Kier alpha value is -2.96. The van der Waals surface area contributed by atoms with E-state index in [0.717, 1.165) is 22.1 Å². The van der Waals surface area contributed by atoms with Gasteiger partial charge in [0.25, 0.3) is 10.0 Å². The molecule has 0 aromatic heterocycles. The predicted octanol–water partition coefficient (Wildman–Crippen LogP) is 4.61. The molecule has 1 amide bonds. The number of carbonyl (C=O) groups is 2. The Bertz CT molecular complexity index is 1610. The number of nitrogens with zero attached hydrogens (tertiary/aromatic N) is 2. The molecule has 1 saturated heterocycles. The largest absolute Gasteiger partial charge is 0.439 e. The van der Waals surface area contributed by atoms with E-state index in [4.69, 9.17) is 9.29 Å². The number of halogens is 6. The van der Waals surface area contributed by atoms with Gasteiger partial charge >= 0.3 is 32.5 Å². The van der Waals surface area contributed by atoms with Gasteiger partial charge in [0.15, 0.2) is 0 Å². The van der Waals surface area contributed by atoms with Crippen molar-refractivity contribution in [2.45, 2.75) is 61.9 Å². The fourth-order valence-electron chi connectivity index (χ4n) is 4.41. The van der Waals surface area contributed by atoms with Crippen LogP contribution < -0.4 is 4.74 Å². The normalized spacial score (nSPS) is 16.6. The van der Waals surface area contributed by atoms with E-state index in [0.29, 0.717) is 11.7 Å². The number of carbonyl (C=O) groups excluding carboxylic acids is 2. The molecule has 3 rings (SSSR count). The van der Waals surface area contributed by atoms with E-state index in [1.165, 1.54) is 5.56 Å². The van der Waals surface area contributed by atoms with Crippen molar-refractivity contribution in [3.8, 4) is 5.75 Å². The predicted molar refractivity (Wildman–Crippen MR) is 146 cm³/mol. The number of hydrogen-bond donors (Lipinski definition) is 1. The maximum Gasteiger partial charge on any atom is 0.439 e. The number of amides is 1. The number of benzene rings is 2. The molecule has 1 heterocycles. The van der Waals surface area contributed by atoms with Crippen molar-refractivity contribution in [1.82, 2.24) is 9.21 Å². The van der Waals surface area contributed by atoms with Crippen molar-refractivity contribution in [2.24, 2.45) is 0 Å². The third kappa shape index (κ3) is 6.82. The molecule has 18 heteroatoms. The highest BCUT2D eigenvalue weighted by atomic mass is 32.2. The number of fused-ring (bicyclic) bond motifs is 1. The van der Waals surface area contributed by atoms with Gasteiger partial charge < -0.3 is 9.64 Å². The molecule has 0 saturated carbocycles. The minimum absolute atomic E-state index is 0.00294. The molecule has 0 radical (unpaired) electrons. The smallest absolute Gasteiger partial charge is 0.427 e. The van der Waals surface area contributed by atoms with Crippen LogP contribution in [0.5, 0.6) is 5.75 Å². The first-order valence-corrected chi connectivity index (χ1v) is 16.2. The zero-order valence-electron chi connectivity index (χ0n) is 23.5. The summed E-state index contributed by atoms with van der Waals surface area (Å²) >= 11 is 0. The first kappa shape index (κ1) is 35.5. The number of ether oxygens (including phenoxy) is 1. The van der Waals surface area contributed by atoms with Crippen LogP contribution in [0.25, 0.3) is 10.8 Å². The van der Waals surface area contributed by atoms with Crippen molar-refractivity contribution >= 4 is 42.8 Å². The minimum atomic E-state index is -7.13. The van der Waals surface area contributed by atoms with Gasteiger partial charge in [-0.3, -0.25) is 14.1 Å². The van der Waals surface area contributed by atoms with Gasteiger partial charge in [-0.2, -0.15) is 39.1 Å². The second-order valence-electron chi connectivity index (χ2n) is 10.3. The van der Waals surface area contributed by atoms with Gasteiger partial charge in [0.05, 0.1) is 0 Å². The Morgan fingerprint density at radius 1 is 0.886 bits per heavy atom. The summed E-state index contributed by atoms with van der Waals surface area (Å²) in [6.07, 6.45) is 0.548. The van der Waals surface area contributed by atoms with Gasteiger partial charge in [0.1, 0.15) is 5.75 Å². The molecular weight excluding hydrogens is 646 g/mol. The lowest BCUT2D eigenvalue weighted by molar-refractivity contribution is -0.247. The van der Waals surface area contributed by atoms with Gasteiger partial charge in [-0.05, 0) is 47.2 Å². The van der Waals surface area contributed by atoms with Crippen LogP contribution in [0.1, 0.15) is 51.0 Å². The summed E-state index contributed by atoms with van der Waals surface area (Å²) in [5, 5.41) is -11.7. The Kier molecular flexibility index (Phi) is 10.3. The highest BCUT2D eigenvalue weighted by Gasteiger charge is 2.82. The molecule has 2 aromatic rings. The van der Waals surface area contributed by atoms with Crippen LogP contribution in [0.15, 0.2) is 36.4 Å². The van der Waals surface area contributed by atoms with Gasteiger partial charge in [-0.15, -0.1) is 0 Å². The summed E-state index contributed by atoms with van der Waals surface area (Å²) in [5.41, 5.74) is 1.18. The summed E-state index contributed by atoms with van der Waals surface area (Å²) in [7, 11) is -13.7. The summed E-state index contributed by atoms with van der Waals surface area (Å²) in [6, 6.07) is 11.1. The van der Waals surface area contributed by atoms with Crippen LogP contribution in [-0.4, -0.2) is 85.1 Å².